The topological polar surface area (TPSA) is 45.2 Å². The number of nitrogens with zero attached hydrogens (tertiary/aromatic N) is 1. The van der Waals surface area contributed by atoms with Crippen molar-refractivity contribution in [3.05, 3.63) is 52.4 Å². The summed E-state index contributed by atoms with van der Waals surface area (Å²) in [6.07, 6.45) is 0.700. The molecule has 1 unspecified atom stereocenters. The van der Waals surface area contributed by atoms with Gasteiger partial charge < -0.3 is 10.4 Å². The largest absolute Gasteiger partial charge is 0.508 e. The minimum absolute atomic E-state index is 0.0794. The van der Waals surface area contributed by atoms with Crippen LogP contribution in [-0.4, -0.2) is 10.1 Å². The van der Waals surface area contributed by atoms with E-state index < -0.39 is 0 Å². The van der Waals surface area contributed by atoms with Crippen molar-refractivity contribution in [3.8, 4) is 5.75 Å². The van der Waals surface area contributed by atoms with Crippen LogP contribution in [0.5, 0.6) is 5.75 Å². The van der Waals surface area contributed by atoms with E-state index in [0.717, 1.165) is 4.60 Å². The third kappa shape index (κ3) is 3.44. The predicted molar refractivity (Wildman–Crippen MR) is 76.7 cm³/mol. The van der Waals surface area contributed by atoms with E-state index in [9.17, 15) is 9.50 Å². The number of hydrogen-bond donors (Lipinski definition) is 2. The lowest BCUT2D eigenvalue weighted by Crippen LogP contribution is -2.11. The zero-order valence-electron chi connectivity index (χ0n) is 10.4. The molecule has 100 valence electrons. The standard InChI is InChI=1S/C14H14BrFN2O/c1-2-11(10-8-9(16)6-7-12(10)19)17-14-5-3-4-13(15)18-14/h3-8,11,19H,2H2,1H3,(H,17,18). The summed E-state index contributed by atoms with van der Waals surface area (Å²) in [4.78, 5) is 4.27. The number of halogens is 2. The number of nitrogens with one attached hydrogen (secondary N) is 1. The van der Waals surface area contributed by atoms with Gasteiger partial charge in [0.1, 0.15) is 22.0 Å². The van der Waals surface area contributed by atoms with Gasteiger partial charge in [-0.2, -0.15) is 0 Å². The molecule has 0 amide bonds. The molecule has 0 fully saturated rings. The number of phenolic OH excluding ortho intramolecular Hbond substituents is 1. The highest BCUT2D eigenvalue weighted by Gasteiger charge is 2.15. The van der Waals surface area contributed by atoms with Gasteiger partial charge in [-0.25, -0.2) is 9.37 Å². The smallest absolute Gasteiger partial charge is 0.127 e. The van der Waals surface area contributed by atoms with Crippen LogP contribution in [0.1, 0.15) is 24.9 Å². The Kier molecular flexibility index (Phi) is 4.37. The second-order valence-electron chi connectivity index (χ2n) is 4.15. The number of rotatable bonds is 4. The zero-order chi connectivity index (χ0) is 13.8. The molecule has 19 heavy (non-hydrogen) atoms. The monoisotopic (exact) mass is 324 g/mol. The molecule has 0 bridgehead atoms. The summed E-state index contributed by atoms with van der Waals surface area (Å²) in [5.74, 6) is 0.385. The van der Waals surface area contributed by atoms with E-state index in [4.69, 9.17) is 0 Å². The molecule has 0 aliphatic rings. The summed E-state index contributed by atoms with van der Waals surface area (Å²) in [5, 5.41) is 13.0. The Morgan fingerprint density at radius 3 is 2.84 bits per heavy atom. The lowest BCUT2D eigenvalue weighted by Gasteiger charge is -2.19. The summed E-state index contributed by atoms with van der Waals surface area (Å²) in [6.45, 7) is 1.96. The van der Waals surface area contributed by atoms with Crippen LogP contribution in [0, 0.1) is 5.82 Å². The fourth-order valence-electron chi connectivity index (χ4n) is 1.87. The van der Waals surface area contributed by atoms with Crippen molar-refractivity contribution in [3.63, 3.8) is 0 Å². The highest BCUT2D eigenvalue weighted by atomic mass is 79.9. The fraction of sp³-hybridized carbons (Fsp3) is 0.214. The Morgan fingerprint density at radius 2 is 2.16 bits per heavy atom. The Balaban J connectivity index is 2.27. The van der Waals surface area contributed by atoms with Gasteiger partial charge in [0.15, 0.2) is 0 Å². The first-order valence-corrected chi connectivity index (χ1v) is 6.77. The minimum Gasteiger partial charge on any atom is -0.508 e. The summed E-state index contributed by atoms with van der Waals surface area (Å²) in [5.41, 5.74) is 0.532. The van der Waals surface area contributed by atoms with E-state index in [1.165, 1.54) is 18.2 Å². The van der Waals surface area contributed by atoms with Crippen molar-refractivity contribution in [1.29, 1.82) is 0 Å². The maximum Gasteiger partial charge on any atom is 0.127 e. The van der Waals surface area contributed by atoms with Crippen molar-refractivity contribution < 1.29 is 9.50 Å². The molecule has 1 atom stereocenters. The van der Waals surface area contributed by atoms with Crippen molar-refractivity contribution in [2.45, 2.75) is 19.4 Å². The third-order valence-electron chi connectivity index (χ3n) is 2.81. The van der Waals surface area contributed by atoms with Crippen molar-refractivity contribution in [2.24, 2.45) is 0 Å². The highest BCUT2D eigenvalue weighted by molar-refractivity contribution is 9.10. The number of phenols is 1. The lowest BCUT2D eigenvalue weighted by atomic mass is 10.0. The summed E-state index contributed by atoms with van der Waals surface area (Å²) < 4.78 is 14.0. The fourth-order valence-corrected chi connectivity index (χ4v) is 2.22. The maximum absolute atomic E-state index is 13.3. The normalized spacial score (nSPS) is 12.2. The molecule has 2 rings (SSSR count). The Bertz CT molecular complexity index is 577. The molecular formula is C14H14BrFN2O. The number of benzene rings is 1. The Morgan fingerprint density at radius 1 is 1.37 bits per heavy atom. The van der Waals surface area contributed by atoms with Gasteiger partial charge in [-0.3, -0.25) is 0 Å². The van der Waals surface area contributed by atoms with Crippen LogP contribution in [0.2, 0.25) is 0 Å². The molecule has 3 nitrogen and oxygen atoms in total. The van der Waals surface area contributed by atoms with Gasteiger partial charge in [0.2, 0.25) is 0 Å². The number of aromatic hydroxyl groups is 1. The van der Waals surface area contributed by atoms with Gasteiger partial charge >= 0.3 is 0 Å². The highest BCUT2D eigenvalue weighted by Crippen LogP contribution is 2.29. The quantitative estimate of drug-likeness (QED) is 0.826. The maximum atomic E-state index is 13.3. The van der Waals surface area contributed by atoms with Crippen molar-refractivity contribution >= 4 is 21.7 Å². The molecule has 2 aromatic rings. The van der Waals surface area contributed by atoms with Gasteiger partial charge in [0, 0.05) is 5.56 Å². The zero-order valence-corrected chi connectivity index (χ0v) is 12.0. The van der Waals surface area contributed by atoms with Crippen LogP contribution in [0.4, 0.5) is 10.2 Å². The summed E-state index contributed by atoms with van der Waals surface area (Å²) in [7, 11) is 0. The van der Waals surface area contributed by atoms with E-state index in [-0.39, 0.29) is 17.6 Å². The molecule has 0 saturated heterocycles. The Labute approximate surface area is 119 Å². The van der Waals surface area contributed by atoms with E-state index in [1.807, 2.05) is 25.1 Å². The molecule has 0 aliphatic heterocycles. The molecule has 2 N–H and O–H groups in total. The van der Waals surface area contributed by atoms with Gasteiger partial charge in [-0.05, 0) is 52.7 Å². The van der Waals surface area contributed by atoms with Crippen LogP contribution in [0.3, 0.4) is 0 Å². The van der Waals surface area contributed by atoms with Gasteiger partial charge in [-0.15, -0.1) is 0 Å². The van der Waals surface area contributed by atoms with Crippen molar-refractivity contribution in [2.75, 3.05) is 5.32 Å². The number of pyridine rings is 1. The Hall–Kier alpha value is -1.62. The van der Waals surface area contributed by atoms with Crippen LogP contribution < -0.4 is 5.32 Å². The van der Waals surface area contributed by atoms with Crippen LogP contribution >= 0.6 is 15.9 Å². The van der Waals surface area contributed by atoms with Gasteiger partial charge in [0.25, 0.3) is 0 Å². The average Bonchev–Trinajstić information content (AvgIpc) is 2.39. The summed E-state index contributed by atoms with van der Waals surface area (Å²) >= 11 is 3.30. The van der Waals surface area contributed by atoms with E-state index in [0.29, 0.717) is 17.8 Å². The number of aromatic nitrogens is 1. The first kappa shape index (κ1) is 13.8. The third-order valence-corrected chi connectivity index (χ3v) is 3.25. The van der Waals surface area contributed by atoms with E-state index >= 15 is 0 Å². The first-order valence-electron chi connectivity index (χ1n) is 5.97. The molecule has 5 heteroatoms. The van der Waals surface area contributed by atoms with Crippen LogP contribution in [0.15, 0.2) is 41.0 Å². The molecule has 0 spiro atoms. The average molecular weight is 325 g/mol. The van der Waals surface area contributed by atoms with E-state index in [1.54, 1.807) is 0 Å². The number of anilines is 1. The minimum atomic E-state index is -0.366. The second-order valence-corrected chi connectivity index (χ2v) is 4.97. The molecular weight excluding hydrogens is 311 g/mol. The molecule has 1 heterocycles. The van der Waals surface area contributed by atoms with Crippen LogP contribution in [-0.2, 0) is 0 Å². The second kappa shape index (κ2) is 6.02. The number of hydrogen-bond acceptors (Lipinski definition) is 3. The first-order chi connectivity index (χ1) is 9.10. The SMILES string of the molecule is CCC(Nc1cccc(Br)n1)c1cc(F)ccc1O. The van der Waals surface area contributed by atoms with Gasteiger partial charge in [0.05, 0.1) is 6.04 Å². The van der Waals surface area contributed by atoms with Crippen LogP contribution in [0.25, 0.3) is 0 Å². The summed E-state index contributed by atoms with van der Waals surface area (Å²) in [6, 6.07) is 9.26. The van der Waals surface area contributed by atoms with E-state index in [2.05, 4.69) is 26.2 Å². The molecule has 1 aromatic heterocycles. The lowest BCUT2D eigenvalue weighted by molar-refractivity contribution is 0.459. The molecule has 0 aliphatic carbocycles. The molecule has 1 aromatic carbocycles. The van der Waals surface area contributed by atoms with Gasteiger partial charge in [-0.1, -0.05) is 13.0 Å². The predicted octanol–water partition coefficient (Wildman–Crippen LogP) is 4.25. The molecule has 0 radical (unpaired) electrons. The van der Waals surface area contributed by atoms with Crippen molar-refractivity contribution in [1.82, 2.24) is 4.98 Å². The molecule has 0 saturated carbocycles.